The molecule has 1 aromatic heterocycles. The number of anilines is 1. The molecule has 3 aliphatic carbocycles. The Morgan fingerprint density at radius 3 is 2.50 bits per heavy atom. The average Bonchev–Trinajstić information content (AvgIpc) is 2.41. The van der Waals surface area contributed by atoms with Gasteiger partial charge in [-0.2, -0.15) is 0 Å². The number of aromatic nitrogens is 2. The van der Waals surface area contributed by atoms with E-state index in [0.29, 0.717) is 11.9 Å². The quantitative estimate of drug-likeness (QED) is 0.856. The number of carboxylic acids is 1. The zero-order valence-electron chi connectivity index (χ0n) is 10.2. The Balaban J connectivity index is 1.67. The second-order valence-corrected chi connectivity index (χ2v) is 5.36. The molecule has 96 valence electrons. The lowest BCUT2D eigenvalue weighted by Gasteiger charge is -2.42. The van der Waals surface area contributed by atoms with Crippen molar-refractivity contribution in [3.05, 3.63) is 18.1 Å². The van der Waals surface area contributed by atoms with Crippen molar-refractivity contribution in [1.29, 1.82) is 0 Å². The molecule has 2 N–H and O–H groups in total. The predicted molar refractivity (Wildman–Crippen MR) is 66.5 cm³/mol. The number of rotatable bonds is 3. The van der Waals surface area contributed by atoms with Crippen molar-refractivity contribution in [3.8, 4) is 0 Å². The summed E-state index contributed by atoms with van der Waals surface area (Å²) in [5, 5.41) is 12.2. The standard InChI is InChI=1S/C13H17N3O2/c17-13(18)11-6-15-12(7-14-11)16-10-5-8-1-3-9(10)4-2-8/h6-10H,1-5H2,(H,15,16)(H,17,18). The van der Waals surface area contributed by atoms with Crippen molar-refractivity contribution in [2.24, 2.45) is 11.8 Å². The SMILES string of the molecule is O=C(O)c1cnc(NC2CC3CCC2CC3)cn1. The van der Waals surface area contributed by atoms with Crippen LogP contribution in [0.2, 0.25) is 0 Å². The number of nitrogens with zero attached hydrogens (tertiary/aromatic N) is 2. The van der Waals surface area contributed by atoms with E-state index in [2.05, 4.69) is 15.3 Å². The van der Waals surface area contributed by atoms with Gasteiger partial charge in [0.2, 0.25) is 0 Å². The largest absolute Gasteiger partial charge is 0.476 e. The van der Waals surface area contributed by atoms with Gasteiger partial charge in [-0.05, 0) is 31.1 Å². The van der Waals surface area contributed by atoms with Gasteiger partial charge in [0.1, 0.15) is 5.82 Å². The molecule has 3 fully saturated rings. The van der Waals surface area contributed by atoms with E-state index in [1.165, 1.54) is 44.5 Å². The number of hydrogen-bond donors (Lipinski definition) is 2. The van der Waals surface area contributed by atoms with E-state index in [0.717, 1.165) is 11.8 Å². The van der Waals surface area contributed by atoms with Crippen molar-refractivity contribution < 1.29 is 9.90 Å². The van der Waals surface area contributed by atoms with Crippen molar-refractivity contribution in [3.63, 3.8) is 0 Å². The number of aromatic carboxylic acids is 1. The van der Waals surface area contributed by atoms with Gasteiger partial charge in [-0.1, -0.05) is 12.8 Å². The van der Waals surface area contributed by atoms with Gasteiger partial charge in [0.15, 0.2) is 5.69 Å². The zero-order chi connectivity index (χ0) is 12.5. The first-order valence-electron chi connectivity index (χ1n) is 6.54. The summed E-state index contributed by atoms with van der Waals surface area (Å²) < 4.78 is 0. The molecule has 0 aromatic carbocycles. The smallest absolute Gasteiger partial charge is 0.356 e. The maximum atomic E-state index is 10.7. The highest BCUT2D eigenvalue weighted by Crippen LogP contribution is 2.42. The van der Waals surface area contributed by atoms with Gasteiger partial charge in [0.25, 0.3) is 0 Å². The van der Waals surface area contributed by atoms with Crippen LogP contribution in [-0.4, -0.2) is 27.1 Å². The van der Waals surface area contributed by atoms with Crippen LogP contribution in [0.4, 0.5) is 5.82 Å². The van der Waals surface area contributed by atoms with Crippen molar-refractivity contribution >= 4 is 11.8 Å². The van der Waals surface area contributed by atoms with Crippen LogP contribution < -0.4 is 5.32 Å². The maximum absolute atomic E-state index is 10.7. The Bertz CT molecular complexity index is 438. The summed E-state index contributed by atoms with van der Waals surface area (Å²) in [7, 11) is 0. The van der Waals surface area contributed by atoms with Gasteiger partial charge in [0.05, 0.1) is 12.4 Å². The van der Waals surface area contributed by atoms with Gasteiger partial charge in [-0.3, -0.25) is 0 Å². The highest BCUT2D eigenvalue weighted by atomic mass is 16.4. The molecule has 1 heterocycles. The van der Waals surface area contributed by atoms with Gasteiger partial charge in [-0.25, -0.2) is 14.8 Å². The fourth-order valence-corrected chi connectivity index (χ4v) is 3.26. The van der Waals surface area contributed by atoms with Crippen LogP contribution in [0.1, 0.15) is 42.6 Å². The van der Waals surface area contributed by atoms with Crippen molar-refractivity contribution in [2.75, 3.05) is 5.32 Å². The topological polar surface area (TPSA) is 75.1 Å². The first kappa shape index (κ1) is 11.4. The summed E-state index contributed by atoms with van der Waals surface area (Å²) in [5.41, 5.74) is -0.00860. The number of nitrogens with one attached hydrogen (secondary N) is 1. The van der Waals surface area contributed by atoms with E-state index in [-0.39, 0.29) is 5.69 Å². The second kappa shape index (κ2) is 4.55. The molecular weight excluding hydrogens is 230 g/mol. The van der Waals surface area contributed by atoms with E-state index >= 15 is 0 Å². The molecule has 1 unspecified atom stereocenters. The molecular formula is C13H17N3O2. The summed E-state index contributed by atoms with van der Waals surface area (Å²) in [6.45, 7) is 0. The van der Waals surface area contributed by atoms with E-state index in [9.17, 15) is 4.79 Å². The van der Waals surface area contributed by atoms with Gasteiger partial charge in [-0.15, -0.1) is 0 Å². The third kappa shape index (κ3) is 2.17. The fraction of sp³-hybridized carbons (Fsp3) is 0.615. The highest BCUT2D eigenvalue weighted by Gasteiger charge is 2.35. The highest BCUT2D eigenvalue weighted by molar-refractivity contribution is 5.84. The zero-order valence-corrected chi connectivity index (χ0v) is 10.2. The van der Waals surface area contributed by atoms with E-state index in [4.69, 9.17) is 5.11 Å². The molecule has 4 rings (SSSR count). The van der Waals surface area contributed by atoms with Crippen LogP contribution in [0.5, 0.6) is 0 Å². The fourth-order valence-electron chi connectivity index (χ4n) is 3.26. The Kier molecular flexibility index (Phi) is 2.89. The minimum Gasteiger partial charge on any atom is -0.476 e. The van der Waals surface area contributed by atoms with Crippen molar-refractivity contribution in [1.82, 2.24) is 9.97 Å². The van der Waals surface area contributed by atoms with Gasteiger partial charge in [0, 0.05) is 6.04 Å². The molecule has 0 saturated heterocycles. The lowest BCUT2D eigenvalue weighted by molar-refractivity contribution is 0.0690. The van der Waals surface area contributed by atoms with E-state index in [1.54, 1.807) is 0 Å². The molecule has 1 aromatic rings. The third-order valence-corrected chi connectivity index (χ3v) is 4.25. The average molecular weight is 247 g/mol. The molecule has 18 heavy (non-hydrogen) atoms. The normalized spacial score (nSPS) is 30.1. The summed E-state index contributed by atoms with van der Waals surface area (Å²) in [6, 6.07) is 0.488. The minimum atomic E-state index is -1.04. The maximum Gasteiger partial charge on any atom is 0.356 e. The van der Waals surface area contributed by atoms with Gasteiger partial charge < -0.3 is 10.4 Å². The monoisotopic (exact) mass is 247 g/mol. The number of fused-ring (bicyclic) bond motifs is 3. The Morgan fingerprint density at radius 1 is 1.22 bits per heavy atom. The van der Waals surface area contributed by atoms with Crippen LogP contribution in [-0.2, 0) is 0 Å². The lowest BCUT2D eigenvalue weighted by atomic mass is 9.68. The Hall–Kier alpha value is -1.65. The molecule has 5 heteroatoms. The van der Waals surface area contributed by atoms with Crippen LogP contribution >= 0.6 is 0 Å². The number of carboxylic acid groups (broad SMARTS) is 1. The molecule has 1 atom stereocenters. The Labute approximate surface area is 106 Å². The lowest BCUT2D eigenvalue weighted by Crippen LogP contribution is -2.40. The first-order chi connectivity index (χ1) is 8.72. The van der Waals surface area contributed by atoms with E-state index < -0.39 is 5.97 Å². The molecule has 0 amide bonds. The molecule has 0 spiro atoms. The predicted octanol–water partition coefficient (Wildman–Crippen LogP) is 2.17. The minimum absolute atomic E-state index is 0.00860. The van der Waals surface area contributed by atoms with Crippen LogP contribution in [0.3, 0.4) is 0 Å². The number of carbonyl (C=O) groups is 1. The van der Waals surface area contributed by atoms with E-state index in [1.807, 2.05) is 0 Å². The molecule has 5 nitrogen and oxygen atoms in total. The summed E-state index contributed by atoms with van der Waals surface area (Å²) in [6.07, 6.45) is 9.40. The molecule has 0 aliphatic heterocycles. The molecule has 2 bridgehead atoms. The van der Waals surface area contributed by atoms with Crippen LogP contribution in [0, 0.1) is 11.8 Å². The van der Waals surface area contributed by atoms with Crippen LogP contribution in [0.25, 0.3) is 0 Å². The van der Waals surface area contributed by atoms with Crippen LogP contribution in [0.15, 0.2) is 12.4 Å². The Morgan fingerprint density at radius 2 is 2.00 bits per heavy atom. The molecule has 3 aliphatic rings. The molecule has 3 saturated carbocycles. The summed E-state index contributed by atoms with van der Waals surface area (Å²) in [5.74, 6) is 1.26. The second-order valence-electron chi connectivity index (χ2n) is 5.36. The summed E-state index contributed by atoms with van der Waals surface area (Å²) >= 11 is 0. The van der Waals surface area contributed by atoms with Crippen molar-refractivity contribution in [2.45, 2.75) is 38.1 Å². The third-order valence-electron chi connectivity index (χ3n) is 4.25. The molecule has 0 radical (unpaired) electrons. The first-order valence-corrected chi connectivity index (χ1v) is 6.54. The number of hydrogen-bond acceptors (Lipinski definition) is 4. The summed E-state index contributed by atoms with van der Waals surface area (Å²) in [4.78, 5) is 18.7. The van der Waals surface area contributed by atoms with Gasteiger partial charge >= 0.3 is 5.97 Å².